The van der Waals surface area contributed by atoms with Gasteiger partial charge in [0.2, 0.25) is 5.91 Å². The summed E-state index contributed by atoms with van der Waals surface area (Å²) in [5, 5.41) is 7.17. The molecule has 1 N–H and O–H groups in total. The summed E-state index contributed by atoms with van der Waals surface area (Å²) in [7, 11) is 0. The zero-order chi connectivity index (χ0) is 27.4. The molecule has 2 bridgehead atoms. The molecule has 2 aliphatic heterocycles. The first-order valence-corrected chi connectivity index (χ1v) is 12.8. The molecule has 3 aliphatic rings. The van der Waals surface area contributed by atoms with Gasteiger partial charge in [-0.05, 0) is 49.8 Å². The highest BCUT2D eigenvalue weighted by Gasteiger charge is 2.42. The van der Waals surface area contributed by atoms with E-state index in [0.717, 1.165) is 24.2 Å². The van der Waals surface area contributed by atoms with Crippen molar-refractivity contribution in [2.24, 2.45) is 0 Å². The number of benzene rings is 1. The number of aromatic nitrogens is 6. The number of carbonyl (C=O) groups excluding carboxylic acids is 1. The average Bonchev–Trinajstić information content (AvgIpc) is 3.45. The third-order valence-electron chi connectivity index (χ3n) is 7.40. The van der Waals surface area contributed by atoms with Crippen molar-refractivity contribution in [3.05, 3.63) is 96.8 Å². The molecule has 2 atom stereocenters. The van der Waals surface area contributed by atoms with Crippen LogP contribution < -0.4 is 10.1 Å². The van der Waals surface area contributed by atoms with Crippen LogP contribution in [0.2, 0.25) is 0 Å². The van der Waals surface area contributed by atoms with Crippen LogP contribution in [0.25, 0.3) is 16.7 Å². The molecule has 4 aromatic heterocycles. The lowest BCUT2D eigenvalue weighted by Gasteiger charge is -2.48. The standard InChI is InChI=1S/C29H23FN8O2/c1-3-26(39)38-18-10-17(11-19(38)12-18)21-4-5-23-28(35-21)29(33-14-31-23)36-22-6-7-24(16(2)27(22)30)40-20-8-9-37-25(13-20)32-15-34-37/h3-10,13-15,17,19H,1,11-12H2,2H3,(H,31,33,36)/t17-,19+/m1/s1. The van der Waals surface area contributed by atoms with Crippen LogP contribution in [-0.4, -0.2) is 46.4 Å². The summed E-state index contributed by atoms with van der Waals surface area (Å²) < 4.78 is 23.1. The lowest BCUT2D eigenvalue weighted by molar-refractivity contribution is -0.130. The molecule has 0 spiro atoms. The Morgan fingerprint density at radius 3 is 2.90 bits per heavy atom. The molecular formula is C29H23FN8O2. The zero-order valence-electron chi connectivity index (χ0n) is 21.5. The maximum Gasteiger partial charge on any atom is 0.250 e. The topological polar surface area (TPSA) is 110 Å². The number of fused-ring (bicyclic) bond motifs is 4. The normalized spacial score (nSPS) is 17.9. The Kier molecular flexibility index (Phi) is 5.51. The van der Waals surface area contributed by atoms with E-state index in [4.69, 9.17) is 9.72 Å². The van der Waals surface area contributed by atoms with E-state index in [1.807, 2.05) is 12.1 Å². The van der Waals surface area contributed by atoms with E-state index >= 15 is 4.39 Å². The van der Waals surface area contributed by atoms with Gasteiger partial charge in [0.1, 0.15) is 29.7 Å². The Morgan fingerprint density at radius 2 is 2.08 bits per heavy atom. The Morgan fingerprint density at radius 1 is 1.18 bits per heavy atom. The summed E-state index contributed by atoms with van der Waals surface area (Å²) in [4.78, 5) is 31.7. The Bertz CT molecular complexity index is 1870. The molecule has 1 amide bonds. The molecule has 1 aliphatic carbocycles. The highest BCUT2D eigenvalue weighted by molar-refractivity contribution is 5.90. The first-order chi connectivity index (χ1) is 19.5. The quantitative estimate of drug-likeness (QED) is 0.296. The fourth-order valence-corrected chi connectivity index (χ4v) is 5.35. The van der Waals surface area contributed by atoms with Crippen molar-refractivity contribution >= 4 is 34.1 Å². The zero-order valence-corrected chi connectivity index (χ0v) is 21.5. The summed E-state index contributed by atoms with van der Waals surface area (Å²) in [6.07, 6.45) is 9.70. The van der Waals surface area contributed by atoms with Crippen LogP contribution in [0.15, 0.2) is 79.7 Å². The third kappa shape index (κ3) is 3.94. The predicted molar refractivity (Wildman–Crippen MR) is 146 cm³/mol. The number of carbonyl (C=O) groups is 1. The number of anilines is 2. The van der Waals surface area contributed by atoms with Gasteiger partial charge in [-0.15, -0.1) is 0 Å². The number of nitrogens with one attached hydrogen (secondary N) is 1. The minimum atomic E-state index is -0.465. The summed E-state index contributed by atoms with van der Waals surface area (Å²) in [6.45, 7) is 5.25. The Hall–Kier alpha value is -5.19. The van der Waals surface area contributed by atoms with Crippen molar-refractivity contribution in [3.63, 3.8) is 0 Å². The molecule has 198 valence electrons. The predicted octanol–water partition coefficient (Wildman–Crippen LogP) is 5.21. The van der Waals surface area contributed by atoms with Crippen molar-refractivity contribution in [1.82, 2.24) is 34.4 Å². The average molecular weight is 535 g/mol. The second-order valence-corrected chi connectivity index (χ2v) is 9.80. The molecule has 0 radical (unpaired) electrons. The van der Waals surface area contributed by atoms with Crippen LogP contribution in [0.5, 0.6) is 11.5 Å². The molecular weight excluding hydrogens is 511 g/mol. The maximum absolute atomic E-state index is 15.5. The molecule has 8 rings (SSSR count). The Labute approximate surface area is 227 Å². The van der Waals surface area contributed by atoms with Crippen molar-refractivity contribution < 1.29 is 13.9 Å². The molecule has 1 aromatic carbocycles. The molecule has 40 heavy (non-hydrogen) atoms. The molecule has 10 nitrogen and oxygen atoms in total. The summed E-state index contributed by atoms with van der Waals surface area (Å²) in [5.74, 6) is 0.827. The van der Waals surface area contributed by atoms with E-state index in [1.54, 1.807) is 46.8 Å². The fraction of sp³-hybridized carbons (Fsp3) is 0.172. The molecule has 0 unspecified atom stereocenters. The van der Waals surface area contributed by atoms with Crippen LogP contribution in [0, 0.1) is 12.7 Å². The van der Waals surface area contributed by atoms with Crippen molar-refractivity contribution in [2.75, 3.05) is 5.32 Å². The van der Waals surface area contributed by atoms with Crippen molar-refractivity contribution in [2.45, 2.75) is 31.7 Å². The Balaban J connectivity index is 1.16. The van der Waals surface area contributed by atoms with Crippen molar-refractivity contribution in [1.29, 1.82) is 0 Å². The van der Waals surface area contributed by atoms with E-state index in [9.17, 15) is 4.79 Å². The number of pyridine rings is 2. The van der Waals surface area contributed by atoms with Gasteiger partial charge in [-0.25, -0.2) is 28.8 Å². The molecule has 5 aromatic rings. The maximum atomic E-state index is 15.5. The number of halogens is 1. The highest BCUT2D eigenvalue weighted by Crippen LogP contribution is 2.44. The smallest absolute Gasteiger partial charge is 0.250 e. The summed E-state index contributed by atoms with van der Waals surface area (Å²) >= 11 is 0. The number of allylic oxidation sites excluding steroid dienone is 1. The van der Waals surface area contributed by atoms with Gasteiger partial charge in [-0.3, -0.25) is 4.79 Å². The van der Waals surface area contributed by atoms with Crippen LogP contribution in [0.1, 0.15) is 30.0 Å². The lowest BCUT2D eigenvalue weighted by atomic mass is 9.79. The van der Waals surface area contributed by atoms with E-state index in [-0.39, 0.29) is 23.6 Å². The van der Waals surface area contributed by atoms with Gasteiger partial charge in [0.15, 0.2) is 17.3 Å². The summed E-state index contributed by atoms with van der Waals surface area (Å²) in [5.41, 5.74) is 4.23. The third-order valence-corrected chi connectivity index (χ3v) is 7.40. The SMILES string of the molecule is C=CC(=O)N1C2=C[C@@H](c3ccc4ncnc(Nc5ccc(Oc6ccn7ncnc7c6)c(C)c5F)c4n3)C[C@H]1C2. The number of amides is 1. The second kappa shape index (κ2) is 9.23. The van der Waals surface area contributed by atoms with Gasteiger partial charge in [0.25, 0.3) is 0 Å². The first kappa shape index (κ1) is 23.9. The fourth-order valence-electron chi connectivity index (χ4n) is 5.35. The largest absolute Gasteiger partial charge is 0.457 e. The number of ether oxygens (including phenoxy) is 1. The highest BCUT2D eigenvalue weighted by atomic mass is 19.1. The second-order valence-electron chi connectivity index (χ2n) is 9.80. The van der Waals surface area contributed by atoms with E-state index in [1.165, 1.54) is 18.7 Å². The van der Waals surface area contributed by atoms with Crippen LogP contribution in [-0.2, 0) is 4.79 Å². The minimum absolute atomic E-state index is 0.0625. The molecule has 1 saturated heterocycles. The van der Waals surface area contributed by atoms with Gasteiger partial charge in [-0.2, -0.15) is 5.10 Å². The van der Waals surface area contributed by atoms with Gasteiger partial charge >= 0.3 is 0 Å². The monoisotopic (exact) mass is 534 g/mol. The number of nitrogens with zero attached hydrogens (tertiary/aromatic N) is 7. The van der Waals surface area contributed by atoms with E-state index in [2.05, 4.69) is 38.0 Å². The van der Waals surface area contributed by atoms with Crippen molar-refractivity contribution in [3.8, 4) is 11.5 Å². The lowest BCUT2D eigenvalue weighted by Crippen LogP contribution is -2.51. The number of hydrogen-bond acceptors (Lipinski definition) is 8. The van der Waals surface area contributed by atoms with Gasteiger partial charge in [0, 0.05) is 47.6 Å². The summed E-state index contributed by atoms with van der Waals surface area (Å²) in [6, 6.07) is 10.8. The first-order valence-electron chi connectivity index (χ1n) is 12.8. The van der Waals surface area contributed by atoms with E-state index < -0.39 is 5.82 Å². The van der Waals surface area contributed by atoms with Gasteiger partial charge < -0.3 is 15.0 Å². The van der Waals surface area contributed by atoms with Crippen LogP contribution >= 0.6 is 0 Å². The molecule has 6 heterocycles. The van der Waals surface area contributed by atoms with Gasteiger partial charge in [0.05, 0.1) is 11.2 Å². The number of rotatable bonds is 6. The van der Waals surface area contributed by atoms with Crippen LogP contribution in [0.3, 0.4) is 0 Å². The van der Waals surface area contributed by atoms with Crippen LogP contribution in [0.4, 0.5) is 15.9 Å². The van der Waals surface area contributed by atoms with E-state index in [0.29, 0.717) is 39.6 Å². The molecule has 11 heteroatoms. The minimum Gasteiger partial charge on any atom is -0.457 e. The van der Waals surface area contributed by atoms with Gasteiger partial charge in [-0.1, -0.05) is 12.7 Å². The molecule has 0 saturated carbocycles. The number of hydrogen-bond donors (Lipinski definition) is 1. The molecule has 1 fully saturated rings.